The molecule has 2 rings (SSSR count). The minimum absolute atomic E-state index is 0.0474. The smallest absolute Gasteiger partial charge is 0.259 e. The molecule has 0 saturated carbocycles. The van der Waals surface area contributed by atoms with E-state index in [4.69, 9.17) is 5.73 Å². The molecule has 0 aliphatic rings. The van der Waals surface area contributed by atoms with Gasteiger partial charge in [-0.15, -0.1) is 0 Å². The Balaban J connectivity index is 2.28. The molecule has 98 valence electrons. The summed E-state index contributed by atoms with van der Waals surface area (Å²) >= 11 is 0. The van der Waals surface area contributed by atoms with Crippen LogP contribution in [0.2, 0.25) is 0 Å². The molecule has 19 heavy (non-hydrogen) atoms. The minimum atomic E-state index is -0.378. The van der Waals surface area contributed by atoms with Crippen molar-refractivity contribution >= 4 is 17.3 Å². The maximum Gasteiger partial charge on any atom is 0.259 e. The Morgan fingerprint density at radius 2 is 1.74 bits per heavy atom. The van der Waals surface area contributed by atoms with E-state index in [9.17, 15) is 9.90 Å². The number of aromatic hydroxyl groups is 1. The molecule has 0 spiro atoms. The molecule has 0 aromatic heterocycles. The number of phenols is 1. The lowest BCUT2D eigenvalue weighted by Crippen LogP contribution is -2.13. The molecule has 1 amide bonds. The van der Waals surface area contributed by atoms with Crippen LogP contribution < -0.4 is 11.1 Å². The van der Waals surface area contributed by atoms with E-state index in [1.807, 2.05) is 19.9 Å². The fourth-order valence-corrected chi connectivity index (χ4v) is 1.82. The maximum absolute atomic E-state index is 12.1. The highest BCUT2D eigenvalue weighted by molar-refractivity contribution is 6.07. The van der Waals surface area contributed by atoms with E-state index in [0.717, 1.165) is 11.1 Å². The number of hydrogen-bond donors (Lipinski definition) is 3. The number of rotatable bonds is 2. The molecule has 4 nitrogen and oxygen atoms in total. The Morgan fingerprint density at radius 1 is 1.11 bits per heavy atom. The van der Waals surface area contributed by atoms with Gasteiger partial charge in [0, 0.05) is 0 Å². The first kappa shape index (κ1) is 13.0. The molecule has 0 bridgehead atoms. The van der Waals surface area contributed by atoms with E-state index < -0.39 is 0 Å². The molecule has 2 aromatic rings. The fraction of sp³-hybridized carbons (Fsp3) is 0.133. The number of anilines is 2. The van der Waals surface area contributed by atoms with Gasteiger partial charge in [0.05, 0.1) is 16.9 Å². The van der Waals surface area contributed by atoms with Gasteiger partial charge in [-0.25, -0.2) is 0 Å². The van der Waals surface area contributed by atoms with Crippen LogP contribution >= 0.6 is 0 Å². The quantitative estimate of drug-likeness (QED) is 0.723. The van der Waals surface area contributed by atoms with Crippen LogP contribution in [-0.4, -0.2) is 11.0 Å². The summed E-state index contributed by atoms with van der Waals surface area (Å²) in [5, 5.41) is 12.4. The maximum atomic E-state index is 12.1. The van der Waals surface area contributed by atoms with Crippen LogP contribution in [0.3, 0.4) is 0 Å². The normalized spacial score (nSPS) is 10.2. The number of aryl methyl sites for hydroxylation is 2. The van der Waals surface area contributed by atoms with Crippen LogP contribution in [0.5, 0.6) is 5.75 Å². The molecule has 0 radical (unpaired) electrons. The van der Waals surface area contributed by atoms with Crippen LogP contribution in [0.15, 0.2) is 36.4 Å². The zero-order valence-corrected chi connectivity index (χ0v) is 10.9. The lowest BCUT2D eigenvalue weighted by molar-refractivity contribution is 0.102. The summed E-state index contributed by atoms with van der Waals surface area (Å²) in [6.45, 7) is 3.78. The van der Waals surface area contributed by atoms with Crippen molar-refractivity contribution in [2.24, 2.45) is 0 Å². The van der Waals surface area contributed by atoms with E-state index in [0.29, 0.717) is 11.4 Å². The number of hydrogen-bond acceptors (Lipinski definition) is 3. The molecule has 0 unspecified atom stereocenters. The van der Waals surface area contributed by atoms with Gasteiger partial charge in [0.1, 0.15) is 5.75 Å². The predicted octanol–water partition coefficient (Wildman–Crippen LogP) is 2.84. The SMILES string of the molecule is Cc1ccc(NC(=O)c2cc(C)ccc2O)c(N)c1. The second-order valence-electron chi connectivity index (χ2n) is 4.57. The molecule has 0 heterocycles. The lowest BCUT2D eigenvalue weighted by Gasteiger charge is -2.10. The second kappa shape index (κ2) is 5.02. The van der Waals surface area contributed by atoms with Gasteiger partial charge in [0.2, 0.25) is 0 Å². The van der Waals surface area contributed by atoms with Gasteiger partial charge in [0.25, 0.3) is 5.91 Å². The van der Waals surface area contributed by atoms with E-state index >= 15 is 0 Å². The van der Waals surface area contributed by atoms with E-state index in [1.165, 1.54) is 6.07 Å². The van der Waals surface area contributed by atoms with Crippen LogP contribution in [0.25, 0.3) is 0 Å². The largest absolute Gasteiger partial charge is 0.507 e. The highest BCUT2D eigenvalue weighted by atomic mass is 16.3. The van der Waals surface area contributed by atoms with Crippen molar-refractivity contribution in [2.45, 2.75) is 13.8 Å². The number of phenolic OH excluding ortho intramolecular Hbond substituents is 1. The van der Waals surface area contributed by atoms with Crippen molar-refractivity contribution in [3.63, 3.8) is 0 Å². The molecular weight excluding hydrogens is 240 g/mol. The van der Waals surface area contributed by atoms with E-state index in [2.05, 4.69) is 5.32 Å². The first-order chi connectivity index (χ1) is 8.97. The Bertz CT molecular complexity index is 636. The molecule has 0 aliphatic heterocycles. The van der Waals surface area contributed by atoms with Crippen molar-refractivity contribution < 1.29 is 9.90 Å². The number of benzene rings is 2. The van der Waals surface area contributed by atoms with Gasteiger partial charge in [-0.1, -0.05) is 17.7 Å². The van der Waals surface area contributed by atoms with Crippen molar-refractivity contribution in [1.29, 1.82) is 0 Å². The number of nitrogens with one attached hydrogen (secondary N) is 1. The zero-order valence-electron chi connectivity index (χ0n) is 10.9. The Morgan fingerprint density at radius 3 is 2.42 bits per heavy atom. The van der Waals surface area contributed by atoms with Gasteiger partial charge in [0.15, 0.2) is 0 Å². The van der Waals surface area contributed by atoms with E-state index in [-0.39, 0.29) is 17.2 Å². The summed E-state index contributed by atoms with van der Waals surface area (Å²) in [5.41, 5.74) is 9.04. The Labute approximate surface area is 111 Å². The number of carbonyl (C=O) groups is 1. The highest BCUT2D eigenvalue weighted by Gasteiger charge is 2.12. The molecule has 0 saturated heterocycles. The number of nitrogens with two attached hydrogens (primary N) is 1. The average molecular weight is 256 g/mol. The monoisotopic (exact) mass is 256 g/mol. The van der Waals surface area contributed by atoms with Crippen LogP contribution in [-0.2, 0) is 0 Å². The summed E-state index contributed by atoms with van der Waals surface area (Å²) in [4.78, 5) is 12.1. The average Bonchev–Trinajstić information content (AvgIpc) is 2.35. The molecule has 0 atom stereocenters. The molecule has 2 aromatic carbocycles. The third kappa shape index (κ3) is 2.85. The summed E-state index contributed by atoms with van der Waals surface area (Å²) in [6, 6.07) is 10.3. The summed E-state index contributed by atoms with van der Waals surface area (Å²) in [5.74, 6) is -0.425. The Hall–Kier alpha value is -2.49. The minimum Gasteiger partial charge on any atom is -0.507 e. The third-order valence-corrected chi connectivity index (χ3v) is 2.85. The number of amides is 1. The fourth-order valence-electron chi connectivity index (χ4n) is 1.82. The second-order valence-corrected chi connectivity index (χ2v) is 4.57. The van der Waals surface area contributed by atoms with Crippen LogP contribution in [0.1, 0.15) is 21.5 Å². The highest BCUT2D eigenvalue weighted by Crippen LogP contribution is 2.23. The summed E-state index contributed by atoms with van der Waals surface area (Å²) in [6.07, 6.45) is 0. The van der Waals surface area contributed by atoms with Crippen molar-refractivity contribution in [2.75, 3.05) is 11.1 Å². The topological polar surface area (TPSA) is 75.3 Å². The number of nitrogen functional groups attached to an aromatic ring is 1. The van der Waals surface area contributed by atoms with Gasteiger partial charge in [-0.3, -0.25) is 4.79 Å². The third-order valence-electron chi connectivity index (χ3n) is 2.85. The van der Waals surface area contributed by atoms with Gasteiger partial charge in [-0.2, -0.15) is 0 Å². The van der Waals surface area contributed by atoms with Crippen molar-refractivity contribution in [3.8, 4) is 5.75 Å². The molecular formula is C15H16N2O2. The summed E-state index contributed by atoms with van der Waals surface area (Å²) < 4.78 is 0. The predicted molar refractivity (Wildman–Crippen MR) is 76.4 cm³/mol. The molecule has 4 heteroatoms. The standard InChI is InChI=1S/C15H16N2O2/c1-9-4-6-14(18)11(7-9)15(19)17-13-5-3-10(2)8-12(13)16/h3-8,18H,16H2,1-2H3,(H,17,19). The van der Waals surface area contributed by atoms with Crippen LogP contribution in [0, 0.1) is 13.8 Å². The number of carbonyl (C=O) groups excluding carboxylic acids is 1. The lowest BCUT2D eigenvalue weighted by atomic mass is 10.1. The molecule has 0 aliphatic carbocycles. The van der Waals surface area contributed by atoms with Gasteiger partial charge >= 0.3 is 0 Å². The van der Waals surface area contributed by atoms with E-state index in [1.54, 1.807) is 24.3 Å². The first-order valence-corrected chi connectivity index (χ1v) is 5.94. The summed E-state index contributed by atoms with van der Waals surface area (Å²) in [7, 11) is 0. The first-order valence-electron chi connectivity index (χ1n) is 5.94. The zero-order chi connectivity index (χ0) is 14.0. The molecule has 0 fully saturated rings. The van der Waals surface area contributed by atoms with Gasteiger partial charge < -0.3 is 16.2 Å². The molecule has 4 N–H and O–H groups in total. The van der Waals surface area contributed by atoms with Crippen LogP contribution in [0.4, 0.5) is 11.4 Å². The van der Waals surface area contributed by atoms with Gasteiger partial charge in [-0.05, 0) is 43.7 Å². The van der Waals surface area contributed by atoms with Crippen molar-refractivity contribution in [3.05, 3.63) is 53.1 Å². The van der Waals surface area contributed by atoms with Crippen molar-refractivity contribution in [1.82, 2.24) is 0 Å². The Kier molecular flexibility index (Phi) is 3.42.